The van der Waals surface area contributed by atoms with Crippen molar-refractivity contribution in [1.29, 1.82) is 0 Å². The summed E-state index contributed by atoms with van der Waals surface area (Å²) in [5.74, 6) is 0. The fourth-order valence-electron chi connectivity index (χ4n) is 4.47. The number of allylic oxidation sites excluding steroid dienone is 6. The second-order valence-electron chi connectivity index (χ2n) is 9.98. The molecule has 0 aromatic carbocycles. The highest BCUT2D eigenvalue weighted by atomic mass is 16.5. The minimum Gasteiger partial charge on any atom is -0.474 e. The highest BCUT2D eigenvalue weighted by molar-refractivity contribution is 4.83. The zero-order valence-corrected chi connectivity index (χ0v) is 23.4. The fraction of sp³-hybridized carbons (Fsp3) is 0.706. The van der Waals surface area contributed by atoms with E-state index in [-0.39, 0.29) is 0 Å². The molecule has 0 aromatic rings. The van der Waals surface area contributed by atoms with Crippen molar-refractivity contribution in [2.24, 2.45) is 0 Å². The molecule has 0 heterocycles. The maximum Gasteiger partial charge on any atom is 0.0829 e. The van der Waals surface area contributed by atoms with Crippen molar-refractivity contribution in [3.05, 3.63) is 62.1 Å². The topological polar surface area (TPSA) is 9.23 Å². The molecule has 0 aromatic heterocycles. The SMILES string of the molecule is C1=CCCCCCCCC1.C1=CCCCCCCCC1.C1=CCCCCCCCC1.C=COC=C. The highest BCUT2D eigenvalue weighted by Gasteiger charge is 1.93. The number of hydrogen-bond acceptors (Lipinski definition) is 1. The molecule has 0 aliphatic heterocycles. The third-order valence-corrected chi connectivity index (χ3v) is 6.67. The molecule has 0 fully saturated rings. The summed E-state index contributed by atoms with van der Waals surface area (Å²) >= 11 is 0. The fourth-order valence-corrected chi connectivity index (χ4v) is 4.47. The Bertz CT molecular complexity index is 395. The van der Waals surface area contributed by atoms with Gasteiger partial charge in [0, 0.05) is 0 Å². The van der Waals surface area contributed by atoms with Crippen molar-refractivity contribution in [3.63, 3.8) is 0 Å². The molecule has 0 N–H and O–H groups in total. The predicted molar refractivity (Wildman–Crippen MR) is 160 cm³/mol. The molecule has 0 saturated carbocycles. The maximum atomic E-state index is 4.36. The Hall–Kier alpha value is -1.50. The van der Waals surface area contributed by atoms with Gasteiger partial charge in [-0.1, -0.05) is 127 Å². The largest absolute Gasteiger partial charge is 0.474 e. The van der Waals surface area contributed by atoms with Crippen LogP contribution in [-0.4, -0.2) is 0 Å². The predicted octanol–water partition coefficient (Wildman–Crippen LogP) is 12.3. The molecule has 0 saturated heterocycles. The van der Waals surface area contributed by atoms with Crippen molar-refractivity contribution in [1.82, 2.24) is 0 Å². The van der Waals surface area contributed by atoms with Gasteiger partial charge < -0.3 is 4.74 Å². The smallest absolute Gasteiger partial charge is 0.0829 e. The third-order valence-electron chi connectivity index (χ3n) is 6.67. The molecule has 0 amide bonds. The molecule has 0 bridgehead atoms. The summed E-state index contributed by atoms with van der Waals surface area (Å²) in [4.78, 5) is 0. The molecule has 0 unspecified atom stereocenters. The Morgan fingerprint density at radius 3 is 0.629 bits per heavy atom. The van der Waals surface area contributed by atoms with Gasteiger partial charge in [0.1, 0.15) is 0 Å². The molecule has 3 rings (SSSR count). The number of hydrogen-bond donors (Lipinski definition) is 0. The number of ether oxygens (including phenoxy) is 1. The lowest BCUT2D eigenvalue weighted by molar-refractivity contribution is 0.406. The first-order valence-electron chi connectivity index (χ1n) is 15.2. The van der Waals surface area contributed by atoms with Crippen LogP contribution in [0.25, 0.3) is 0 Å². The Kier molecular flexibility index (Phi) is 31.1. The highest BCUT2D eigenvalue weighted by Crippen LogP contribution is 2.13. The van der Waals surface area contributed by atoms with E-state index in [0.717, 1.165) is 0 Å². The Balaban J connectivity index is 0.000000453. The van der Waals surface area contributed by atoms with Crippen molar-refractivity contribution in [3.8, 4) is 0 Å². The molecule has 3 aliphatic carbocycles. The first-order chi connectivity index (χ1) is 17.4. The van der Waals surface area contributed by atoms with E-state index in [0.29, 0.717) is 0 Å². The van der Waals surface area contributed by atoms with E-state index >= 15 is 0 Å². The van der Waals surface area contributed by atoms with Crippen molar-refractivity contribution in [2.75, 3.05) is 0 Å². The van der Waals surface area contributed by atoms with Gasteiger partial charge >= 0.3 is 0 Å². The van der Waals surface area contributed by atoms with Crippen LogP contribution >= 0.6 is 0 Å². The van der Waals surface area contributed by atoms with Gasteiger partial charge in [0.2, 0.25) is 0 Å². The van der Waals surface area contributed by atoms with Crippen LogP contribution in [0.15, 0.2) is 62.1 Å². The van der Waals surface area contributed by atoms with E-state index in [9.17, 15) is 0 Å². The minimum absolute atomic E-state index is 1.31. The summed E-state index contributed by atoms with van der Waals surface area (Å²) < 4.78 is 4.36. The van der Waals surface area contributed by atoms with Gasteiger partial charge in [0.05, 0.1) is 12.5 Å². The first kappa shape index (κ1) is 33.5. The van der Waals surface area contributed by atoms with E-state index < -0.39 is 0 Å². The molecular weight excluding hydrogens is 424 g/mol. The van der Waals surface area contributed by atoms with E-state index in [1.807, 2.05) is 0 Å². The van der Waals surface area contributed by atoms with Gasteiger partial charge in [0.25, 0.3) is 0 Å². The molecule has 0 radical (unpaired) electrons. The summed E-state index contributed by atoms with van der Waals surface area (Å²) in [5.41, 5.74) is 0. The molecule has 3 aliphatic rings. The van der Waals surface area contributed by atoms with Crippen LogP contribution < -0.4 is 0 Å². The zero-order chi connectivity index (χ0) is 25.3. The van der Waals surface area contributed by atoms with Gasteiger partial charge in [-0.15, -0.1) is 0 Å². The van der Waals surface area contributed by atoms with Gasteiger partial charge in [-0.05, 0) is 77.0 Å². The normalized spacial score (nSPS) is 20.0. The van der Waals surface area contributed by atoms with Crippen molar-refractivity contribution in [2.45, 2.75) is 154 Å². The Morgan fingerprint density at radius 2 is 0.486 bits per heavy atom. The molecule has 1 nitrogen and oxygen atoms in total. The molecule has 0 spiro atoms. The molecular formula is C34H60O. The second-order valence-corrected chi connectivity index (χ2v) is 9.98. The second kappa shape index (κ2) is 32.5. The Morgan fingerprint density at radius 1 is 0.314 bits per heavy atom. The zero-order valence-electron chi connectivity index (χ0n) is 23.4. The average molecular weight is 485 g/mol. The summed E-state index contributed by atoms with van der Waals surface area (Å²) in [5, 5.41) is 0. The summed E-state index contributed by atoms with van der Waals surface area (Å²) in [6, 6.07) is 0. The lowest BCUT2D eigenvalue weighted by atomic mass is 10.1. The van der Waals surface area contributed by atoms with E-state index in [1.54, 1.807) is 0 Å². The van der Waals surface area contributed by atoms with E-state index in [4.69, 9.17) is 0 Å². The maximum absolute atomic E-state index is 4.36. The molecule has 202 valence electrons. The molecule has 1 heteroatoms. The van der Waals surface area contributed by atoms with Crippen LogP contribution in [0, 0.1) is 0 Å². The first-order valence-corrected chi connectivity index (χ1v) is 15.2. The van der Waals surface area contributed by atoms with Crippen LogP contribution in [0.2, 0.25) is 0 Å². The van der Waals surface area contributed by atoms with E-state index in [1.165, 1.54) is 167 Å². The number of rotatable bonds is 2. The average Bonchev–Trinajstić information content (AvgIpc) is 2.91. The summed E-state index contributed by atoms with van der Waals surface area (Å²) in [6.45, 7) is 6.51. The third kappa shape index (κ3) is 32.5. The van der Waals surface area contributed by atoms with Gasteiger partial charge in [-0.25, -0.2) is 0 Å². The summed E-state index contributed by atoms with van der Waals surface area (Å²) in [7, 11) is 0. The molecule has 35 heavy (non-hydrogen) atoms. The van der Waals surface area contributed by atoms with Crippen LogP contribution in [-0.2, 0) is 4.74 Å². The quantitative estimate of drug-likeness (QED) is 0.279. The summed E-state index contributed by atoms with van der Waals surface area (Å²) in [6.07, 6.45) is 50.6. The van der Waals surface area contributed by atoms with Gasteiger partial charge in [0.15, 0.2) is 0 Å². The van der Waals surface area contributed by atoms with Crippen LogP contribution in [0.3, 0.4) is 0 Å². The van der Waals surface area contributed by atoms with Gasteiger partial charge in [-0.2, -0.15) is 0 Å². The van der Waals surface area contributed by atoms with Crippen LogP contribution in [0.1, 0.15) is 154 Å². The van der Waals surface area contributed by atoms with E-state index in [2.05, 4.69) is 54.4 Å². The van der Waals surface area contributed by atoms with Crippen molar-refractivity contribution < 1.29 is 4.74 Å². The monoisotopic (exact) mass is 484 g/mol. The van der Waals surface area contributed by atoms with Crippen LogP contribution in [0.4, 0.5) is 0 Å². The van der Waals surface area contributed by atoms with Crippen LogP contribution in [0.5, 0.6) is 0 Å². The lowest BCUT2D eigenvalue weighted by Crippen LogP contribution is -1.81. The van der Waals surface area contributed by atoms with Crippen molar-refractivity contribution >= 4 is 0 Å². The Labute approximate surface area is 220 Å². The minimum atomic E-state index is 1.31. The van der Waals surface area contributed by atoms with Gasteiger partial charge in [-0.3, -0.25) is 0 Å². The standard InChI is InChI=1S/3C10H18.C4H6O/c3*1-2-4-6-8-10-9-7-5-3-1;1-3-5-4-2/h3*1-2H,3-10H2;3-4H,1-2H2. The lowest BCUT2D eigenvalue weighted by Gasteiger charge is -2.01. The molecule has 0 atom stereocenters.